The summed E-state index contributed by atoms with van der Waals surface area (Å²) < 4.78 is 60.7. The van der Waals surface area contributed by atoms with E-state index in [1.54, 1.807) is 0 Å². The molecular weight excluding hydrogens is 261 g/mol. The lowest BCUT2D eigenvalue weighted by Gasteiger charge is -2.22. The van der Waals surface area contributed by atoms with Crippen LogP contribution in [-0.2, 0) is 14.8 Å². The van der Waals surface area contributed by atoms with Crippen LogP contribution in [0.1, 0.15) is 0 Å². The maximum Gasteiger partial charge on any atom is 0.409 e. The first-order chi connectivity index (χ1) is 7.50. The fourth-order valence-corrected chi connectivity index (χ4v) is 1.80. The zero-order valence-electron chi connectivity index (χ0n) is 9.28. The van der Waals surface area contributed by atoms with E-state index in [4.69, 9.17) is 0 Å². The van der Waals surface area contributed by atoms with E-state index in [0.717, 1.165) is 14.1 Å². The van der Waals surface area contributed by atoms with Crippen LogP contribution in [0.5, 0.6) is 0 Å². The topological polar surface area (TPSA) is 66.5 Å². The van der Waals surface area contributed by atoms with Crippen LogP contribution >= 0.6 is 0 Å². The summed E-state index contributed by atoms with van der Waals surface area (Å²) in [5, 5.41) is 1.53. The Morgan fingerprint density at radius 3 is 2.24 bits per heavy atom. The number of amides is 1. The molecule has 0 aromatic rings. The summed E-state index contributed by atoms with van der Waals surface area (Å²) in [7, 11) is -1.85. The lowest BCUT2D eigenvalue weighted by molar-refractivity contribution is -0.155. The first-order valence-corrected chi connectivity index (χ1v) is 6.01. The van der Waals surface area contributed by atoms with E-state index >= 15 is 0 Å². The molecule has 0 unspecified atom stereocenters. The van der Waals surface area contributed by atoms with E-state index in [-0.39, 0.29) is 0 Å². The van der Waals surface area contributed by atoms with Crippen molar-refractivity contribution >= 4 is 15.9 Å². The second kappa shape index (κ2) is 5.50. The zero-order chi connectivity index (χ0) is 13.9. The van der Waals surface area contributed by atoms with E-state index in [0.29, 0.717) is 10.4 Å². The Labute approximate surface area is 97.3 Å². The van der Waals surface area contributed by atoms with Crippen molar-refractivity contribution < 1.29 is 26.4 Å². The molecule has 0 heterocycles. The average molecular weight is 274 g/mol. The Hall–Kier alpha value is -1.09. The zero-order valence-corrected chi connectivity index (χ0v) is 10.1. The van der Waals surface area contributed by atoms with Crippen LogP contribution in [0.25, 0.3) is 0 Å². The third-order valence-electron chi connectivity index (χ3n) is 1.83. The molecule has 1 N–H and O–H groups in total. The van der Waals surface area contributed by atoms with Gasteiger partial charge in [0, 0.05) is 14.1 Å². The molecule has 0 radical (unpaired) electrons. The molecule has 0 spiro atoms. The van der Waals surface area contributed by atoms with E-state index in [2.05, 4.69) is 6.58 Å². The maximum absolute atomic E-state index is 12.5. The summed E-state index contributed by atoms with van der Waals surface area (Å²) in [4.78, 5) is 10.8. The minimum absolute atomic E-state index is 0.640. The number of sulfonamides is 1. The Kier molecular flexibility index (Phi) is 5.14. The lowest BCUT2D eigenvalue weighted by atomic mass is 10.3. The fraction of sp³-hybridized carbons (Fsp3) is 0.625. The predicted octanol–water partition coefficient (Wildman–Crippen LogP) is 0.111. The minimum atomic E-state index is -4.85. The highest BCUT2D eigenvalue weighted by molar-refractivity contribution is 7.89. The van der Waals surface area contributed by atoms with Gasteiger partial charge in [0.15, 0.2) is 0 Å². The van der Waals surface area contributed by atoms with Gasteiger partial charge in [-0.15, -0.1) is 0 Å². The van der Waals surface area contributed by atoms with Gasteiger partial charge in [0.2, 0.25) is 15.9 Å². The Morgan fingerprint density at radius 1 is 1.47 bits per heavy atom. The van der Waals surface area contributed by atoms with Crippen LogP contribution in [-0.4, -0.2) is 50.7 Å². The quantitative estimate of drug-likeness (QED) is 0.724. The number of hydrogen-bond acceptors (Lipinski definition) is 3. The molecule has 17 heavy (non-hydrogen) atoms. The molecule has 0 saturated heterocycles. The first kappa shape index (κ1) is 15.9. The molecule has 1 amide bonds. The van der Waals surface area contributed by atoms with Crippen LogP contribution in [0.2, 0.25) is 0 Å². The molecule has 0 aromatic heterocycles. The molecule has 0 aliphatic rings. The van der Waals surface area contributed by atoms with Gasteiger partial charge in [0.25, 0.3) is 0 Å². The van der Waals surface area contributed by atoms with Crippen molar-refractivity contribution in [2.24, 2.45) is 0 Å². The van der Waals surface area contributed by atoms with Gasteiger partial charge in [0.05, 0.1) is 5.75 Å². The Balaban J connectivity index is 4.98. The van der Waals surface area contributed by atoms with E-state index in [1.807, 2.05) is 0 Å². The van der Waals surface area contributed by atoms with Crippen LogP contribution in [0, 0.1) is 0 Å². The number of rotatable bonds is 5. The van der Waals surface area contributed by atoms with Crippen molar-refractivity contribution in [1.29, 1.82) is 0 Å². The van der Waals surface area contributed by atoms with Gasteiger partial charge in [-0.05, 0) is 6.08 Å². The summed E-state index contributed by atoms with van der Waals surface area (Å²) in [6, 6.07) is -2.46. The Bertz CT molecular complexity index is 389. The number of carbonyl (C=O) groups is 1. The summed E-state index contributed by atoms with van der Waals surface area (Å²) >= 11 is 0. The molecular formula is C8H13F3N2O3S. The number of nitrogens with one attached hydrogen (secondary N) is 1. The number of carbonyl (C=O) groups excluding carboxylic acids is 1. The van der Waals surface area contributed by atoms with Crippen molar-refractivity contribution in [1.82, 2.24) is 9.62 Å². The van der Waals surface area contributed by atoms with Gasteiger partial charge in [-0.25, -0.2) is 12.7 Å². The summed E-state index contributed by atoms with van der Waals surface area (Å²) in [5.74, 6) is -2.33. The molecule has 0 aliphatic heterocycles. The highest BCUT2D eigenvalue weighted by Gasteiger charge is 2.43. The number of alkyl halides is 3. The highest BCUT2D eigenvalue weighted by atomic mass is 32.2. The molecule has 0 fully saturated rings. The van der Waals surface area contributed by atoms with Gasteiger partial charge in [0.1, 0.15) is 6.04 Å². The van der Waals surface area contributed by atoms with Crippen molar-refractivity contribution in [3.05, 3.63) is 12.7 Å². The van der Waals surface area contributed by atoms with Gasteiger partial charge < -0.3 is 5.32 Å². The number of nitrogens with zero attached hydrogens (tertiary/aromatic N) is 1. The fourth-order valence-electron chi connectivity index (χ4n) is 0.808. The molecule has 1 atom stereocenters. The van der Waals surface area contributed by atoms with Crippen LogP contribution < -0.4 is 5.32 Å². The minimum Gasteiger partial charge on any atom is -0.340 e. The largest absolute Gasteiger partial charge is 0.409 e. The van der Waals surface area contributed by atoms with Gasteiger partial charge in [-0.1, -0.05) is 6.58 Å². The van der Waals surface area contributed by atoms with Crippen LogP contribution in [0.15, 0.2) is 12.7 Å². The van der Waals surface area contributed by atoms with Crippen molar-refractivity contribution in [2.75, 3.05) is 19.8 Å². The van der Waals surface area contributed by atoms with E-state index in [1.165, 1.54) is 5.32 Å². The molecule has 0 rings (SSSR count). The van der Waals surface area contributed by atoms with E-state index < -0.39 is 33.9 Å². The van der Waals surface area contributed by atoms with E-state index in [9.17, 15) is 26.4 Å². The standard InChI is InChI=1S/C8H13F3N2O3S/c1-4-7(14)12-6(8(9,10)11)5-17(15,16)13(2)3/h4,6H,1,5H2,2-3H3,(H,12,14)/t6-/m0/s1. The molecule has 0 saturated carbocycles. The monoisotopic (exact) mass is 274 g/mol. The highest BCUT2D eigenvalue weighted by Crippen LogP contribution is 2.22. The van der Waals surface area contributed by atoms with Gasteiger partial charge >= 0.3 is 6.18 Å². The first-order valence-electron chi connectivity index (χ1n) is 4.40. The normalized spacial score (nSPS) is 14.5. The molecule has 0 bridgehead atoms. The third-order valence-corrected chi connectivity index (χ3v) is 3.70. The van der Waals surface area contributed by atoms with Crippen molar-refractivity contribution in [2.45, 2.75) is 12.2 Å². The van der Waals surface area contributed by atoms with Gasteiger partial charge in [-0.2, -0.15) is 13.2 Å². The SMILES string of the molecule is C=CC(=O)N[C@@H](CS(=O)(=O)N(C)C)C(F)(F)F. The smallest absolute Gasteiger partial charge is 0.340 e. The maximum atomic E-state index is 12.5. The average Bonchev–Trinajstić information content (AvgIpc) is 2.14. The van der Waals surface area contributed by atoms with Crippen molar-refractivity contribution in [3.8, 4) is 0 Å². The summed E-state index contributed by atoms with van der Waals surface area (Å²) in [6.45, 7) is 2.99. The predicted molar refractivity (Wildman–Crippen MR) is 55.7 cm³/mol. The number of hydrogen-bond donors (Lipinski definition) is 1. The molecule has 0 aliphatic carbocycles. The lowest BCUT2D eigenvalue weighted by Crippen LogP contribution is -2.50. The summed E-state index contributed by atoms with van der Waals surface area (Å²) in [6.07, 6.45) is -4.21. The third kappa shape index (κ3) is 5.18. The molecule has 9 heteroatoms. The summed E-state index contributed by atoms with van der Waals surface area (Å²) in [5.41, 5.74) is 0. The molecule has 100 valence electrons. The Morgan fingerprint density at radius 2 is 1.94 bits per heavy atom. The van der Waals surface area contributed by atoms with Crippen LogP contribution in [0.3, 0.4) is 0 Å². The van der Waals surface area contributed by atoms with Crippen LogP contribution in [0.4, 0.5) is 13.2 Å². The van der Waals surface area contributed by atoms with Crippen molar-refractivity contribution in [3.63, 3.8) is 0 Å². The van der Waals surface area contributed by atoms with Gasteiger partial charge in [-0.3, -0.25) is 4.79 Å². The second-order valence-corrected chi connectivity index (χ2v) is 5.60. The molecule has 5 nitrogen and oxygen atoms in total. The number of halogens is 3. The molecule has 0 aromatic carbocycles. The second-order valence-electron chi connectivity index (χ2n) is 3.37.